The molecule has 2 rings (SSSR count). The van der Waals surface area contributed by atoms with Crippen molar-refractivity contribution in [3.63, 3.8) is 0 Å². The molecule has 3 heteroatoms. The summed E-state index contributed by atoms with van der Waals surface area (Å²) in [6.07, 6.45) is 13.6. The van der Waals surface area contributed by atoms with E-state index in [1.165, 1.54) is 50.6 Å². The van der Waals surface area contributed by atoms with Crippen LogP contribution in [0.1, 0.15) is 51.0 Å². The van der Waals surface area contributed by atoms with Crippen molar-refractivity contribution in [3.8, 4) is 5.75 Å². The van der Waals surface area contributed by atoms with Crippen LogP contribution in [0.2, 0.25) is 0 Å². The van der Waals surface area contributed by atoms with Crippen molar-refractivity contribution in [1.82, 2.24) is 9.80 Å². The minimum Gasteiger partial charge on any atom is -0.497 e. The van der Waals surface area contributed by atoms with Gasteiger partial charge in [-0.25, -0.2) is 0 Å². The number of unbranched alkanes of at least 4 members (excludes halogenated alkanes) is 4. The zero-order valence-electron chi connectivity index (χ0n) is 14.8. The highest BCUT2D eigenvalue weighted by atomic mass is 16.5. The van der Waals surface area contributed by atoms with Gasteiger partial charge in [-0.05, 0) is 37.0 Å². The Morgan fingerprint density at radius 1 is 0.870 bits per heavy atom. The van der Waals surface area contributed by atoms with Crippen molar-refractivity contribution in [2.24, 2.45) is 0 Å². The standard InChI is InChI=1S/C20H32N2O/c1-3-4-5-6-7-14-21-16-17-22(18-21)15-8-9-19-10-12-20(23-2)13-11-19/h10-13,16-17H,3-9,14-15,18H2,1-2H3. The molecule has 0 radical (unpaired) electrons. The minimum atomic E-state index is 0.936. The Hall–Kier alpha value is -1.64. The van der Waals surface area contributed by atoms with E-state index in [0.717, 1.165) is 25.4 Å². The van der Waals surface area contributed by atoms with Gasteiger partial charge in [0.05, 0.1) is 13.8 Å². The lowest BCUT2D eigenvalue weighted by Gasteiger charge is -2.21. The summed E-state index contributed by atoms with van der Waals surface area (Å²) in [5.41, 5.74) is 1.39. The first-order chi connectivity index (χ1) is 11.3. The third-order valence-corrected chi connectivity index (χ3v) is 4.47. The van der Waals surface area contributed by atoms with E-state index in [-0.39, 0.29) is 0 Å². The van der Waals surface area contributed by atoms with Crippen LogP contribution < -0.4 is 4.74 Å². The van der Waals surface area contributed by atoms with Gasteiger partial charge in [-0.15, -0.1) is 0 Å². The minimum absolute atomic E-state index is 0.936. The smallest absolute Gasteiger partial charge is 0.118 e. The Labute approximate surface area is 141 Å². The number of rotatable bonds is 11. The number of ether oxygens (including phenoxy) is 1. The van der Waals surface area contributed by atoms with Crippen LogP contribution >= 0.6 is 0 Å². The molecule has 0 amide bonds. The number of aryl methyl sites for hydroxylation is 1. The molecule has 3 nitrogen and oxygen atoms in total. The molecule has 1 aliphatic rings. The topological polar surface area (TPSA) is 15.7 Å². The van der Waals surface area contributed by atoms with Gasteiger partial charge in [0.2, 0.25) is 0 Å². The van der Waals surface area contributed by atoms with Crippen molar-refractivity contribution in [2.45, 2.75) is 51.9 Å². The van der Waals surface area contributed by atoms with Crippen LogP contribution in [-0.4, -0.2) is 36.7 Å². The normalized spacial score (nSPS) is 13.8. The van der Waals surface area contributed by atoms with Gasteiger partial charge in [0.15, 0.2) is 0 Å². The van der Waals surface area contributed by atoms with E-state index in [4.69, 9.17) is 4.74 Å². The van der Waals surface area contributed by atoms with Gasteiger partial charge in [-0.2, -0.15) is 0 Å². The van der Waals surface area contributed by atoms with E-state index < -0.39 is 0 Å². The van der Waals surface area contributed by atoms with E-state index in [2.05, 4.69) is 41.3 Å². The highest BCUT2D eigenvalue weighted by molar-refractivity contribution is 5.27. The fraction of sp³-hybridized carbons (Fsp3) is 0.600. The molecule has 0 saturated carbocycles. The monoisotopic (exact) mass is 316 g/mol. The molecule has 0 fully saturated rings. The molecule has 1 aliphatic heterocycles. The van der Waals surface area contributed by atoms with Crippen LogP contribution in [0.3, 0.4) is 0 Å². The lowest BCUT2D eigenvalue weighted by Crippen LogP contribution is -2.27. The molecular weight excluding hydrogens is 284 g/mol. The summed E-state index contributed by atoms with van der Waals surface area (Å²) >= 11 is 0. The molecule has 0 aromatic heterocycles. The van der Waals surface area contributed by atoms with E-state index in [1.54, 1.807) is 7.11 Å². The maximum Gasteiger partial charge on any atom is 0.118 e. The molecule has 0 atom stereocenters. The SMILES string of the molecule is CCCCCCCN1C=CN(CCCc2ccc(OC)cc2)C1. The molecule has 0 aliphatic carbocycles. The second-order valence-corrected chi connectivity index (χ2v) is 6.43. The van der Waals surface area contributed by atoms with Crippen LogP contribution in [0.4, 0.5) is 0 Å². The summed E-state index contributed by atoms with van der Waals surface area (Å²) in [6.45, 7) is 5.67. The zero-order chi connectivity index (χ0) is 16.3. The highest BCUT2D eigenvalue weighted by Crippen LogP contribution is 2.14. The second-order valence-electron chi connectivity index (χ2n) is 6.43. The zero-order valence-corrected chi connectivity index (χ0v) is 14.8. The molecule has 1 aromatic rings. The van der Waals surface area contributed by atoms with Crippen LogP contribution in [0, 0.1) is 0 Å². The molecule has 0 unspecified atom stereocenters. The summed E-state index contributed by atoms with van der Waals surface area (Å²) in [6, 6.07) is 8.43. The number of hydrogen-bond acceptors (Lipinski definition) is 3. The van der Waals surface area contributed by atoms with Gasteiger partial charge in [0, 0.05) is 25.5 Å². The van der Waals surface area contributed by atoms with Crippen molar-refractivity contribution < 1.29 is 4.74 Å². The molecule has 128 valence electrons. The Kier molecular flexibility index (Phi) is 7.85. The molecule has 23 heavy (non-hydrogen) atoms. The van der Waals surface area contributed by atoms with Crippen LogP contribution in [0.15, 0.2) is 36.7 Å². The lowest BCUT2D eigenvalue weighted by molar-refractivity contribution is 0.259. The van der Waals surface area contributed by atoms with E-state index in [0.29, 0.717) is 0 Å². The maximum absolute atomic E-state index is 5.20. The number of hydrogen-bond donors (Lipinski definition) is 0. The number of benzene rings is 1. The quantitative estimate of drug-likeness (QED) is 0.553. The fourth-order valence-corrected chi connectivity index (χ4v) is 3.00. The van der Waals surface area contributed by atoms with Crippen LogP contribution in [0.5, 0.6) is 5.75 Å². The van der Waals surface area contributed by atoms with Crippen LogP contribution in [0.25, 0.3) is 0 Å². The van der Waals surface area contributed by atoms with Gasteiger partial charge < -0.3 is 14.5 Å². The largest absolute Gasteiger partial charge is 0.497 e. The Bertz CT molecular complexity index is 455. The van der Waals surface area contributed by atoms with E-state index in [1.807, 2.05) is 12.1 Å². The molecule has 0 N–H and O–H groups in total. The summed E-state index contributed by atoms with van der Waals surface area (Å²) in [7, 11) is 1.71. The van der Waals surface area contributed by atoms with Gasteiger partial charge in [-0.3, -0.25) is 0 Å². The van der Waals surface area contributed by atoms with Crippen molar-refractivity contribution >= 4 is 0 Å². The van der Waals surface area contributed by atoms with Gasteiger partial charge in [-0.1, -0.05) is 44.7 Å². The van der Waals surface area contributed by atoms with Crippen molar-refractivity contribution in [3.05, 3.63) is 42.2 Å². The maximum atomic E-state index is 5.20. The lowest BCUT2D eigenvalue weighted by atomic mass is 10.1. The van der Waals surface area contributed by atoms with E-state index in [9.17, 15) is 0 Å². The number of nitrogens with zero attached hydrogens (tertiary/aromatic N) is 2. The van der Waals surface area contributed by atoms with Crippen LogP contribution in [-0.2, 0) is 6.42 Å². The predicted molar refractivity (Wildman–Crippen MR) is 97.5 cm³/mol. The first kappa shape index (κ1) is 17.7. The first-order valence-corrected chi connectivity index (χ1v) is 9.11. The second kappa shape index (κ2) is 10.2. The summed E-state index contributed by atoms with van der Waals surface area (Å²) in [4.78, 5) is 4.87. The first-order valence-electron chi connectivity index (χ1n) is 9.11. The number of methoxy groups -OCH3 is 1. The van der Waals surface area contributed by atoms with Gasteiger partial charge in [0.1, 0.15) is 5.75 Å². The van der Waals surface area contributed by atoms with Crippen molar-refractivity contribution in [1.29, 1.82) is 0 Å². The van der Waals surface area contributed by atoms with E-state index >= 15 is 0 Å². The van der Waals surface area contributed by atoms with Gasteiger partial charge in [0.25, 0.3) is 0 Å². The predicted octanol–water partition coefficient (Wildman–Crippen LogP) is 4.64. The molecule has 0 spiro atoms. The van der Waals surface area contributed by atoms with Gasteiger partial charge >= 0.3 is 0 Å². The summed E-state index contributed by atoms with van der Waals surface area (Å²) in [5, 5.41) is 0. The summed E-state index contributed by atoms with van der Waals surface area (Å²) < 4.78 is 5.20. The molecule has 1 heterocycles. The van der Waals surface area contributed by atoms with Crippen molar-refractivity contribution in [2.75, 3.05) is 26.9 Å². The Morgan fingerprint density at radius 3 is 2.17 bits per heavy atom. The molecule has 0 bridgehead atoms. The Morgan fingerprint density at radius 2 is 1.52 bits per heavy atom. The Balaban J connectivity index is 1.56. The third kappa shape index (κ3) is 6.55. The molecule has 0 saturated heterocycles. The third-order valence-electron chi connectivity index (χ3n) is 4.47. The average molecular weight is 316 g/mol. The highest BCUT2D eigenvalue weighted by Gasteiger charge is 2.11. The summed E-state index contributed by atoms with van der Waals surface area (Å²) in [5.74, 6) is 0.936. The molecular formula is C20H32N2O. The molecule has 1 aromatic carbocycles. The fourth-order valence-electron chi connectivity index (χ4n) is 3.00. The average Bonchev–Trinajstić information content (AvgIpc) is 3.03.